The number of ether oxygens (including phenoxy) is 1. The summed E-state index contributed by atoms with van der Waals surface area (Å²) < 4.78 is 6.94. The Balaban J connectivity index is 1.80. The summed E-state index contributed by atoms with van der Waals surface area (Å²) in [5, 5.41) is 9.87. The zero-order valence-corrected chi connectivity index (χ0v) is 15.9. The van der Waals surface area contributed by atoms with Gasteiger partial charge in [0.05, 0.1) is 23.5 Å². The number of nitrogens with zero attached hydrogens (tertiary/aromatic N) is 3. The zero-order valence-electron chi connectivity index (χ0n) is 15.1. The maximum atomic E-state index is 13.1. The van der Waals surface area contributed by atoms with Crippen molar-refractivity contribution in [1.29, 1.82) is 0 Å². The third kappa shape index (κ3) is 3.04. The molecule has 144 valence electrons. The second kappa shape index (κ2) is 7.05. The molecule has 1 saturated heterocycles. The standard InChI is InChI=1S/C18H21N3O5S/c1-10-13-15(19-12-5-3-2-4-6-21(12)16(13)22)27-14(10)17(23)20-7-8-26-9-11(20)18(24)25/h11H,2-9H2,1H3,(H,24,25). The summed E-state index contributed by atoms with van der Waals surface area (Å²) in [6, 6.07) is -1.01. The molecule has 9 heteroatoms. The lowest BCUT2D eigenvalue weighted by molar-refractivity contribution is -0.147. The van der Waals surface area contributed by atoms with Crippen LogP contribution in [0.4, 0.5) is 0 Å². The van der Waals surface area contributed by atoms with E-state index in [0.717, 1.165) is 31.5 Å². The van der Waals surface area contributed by atoms with Gasteiger partial charge in [0.15, 0.2) is 6.04 Å². The Morgan fingerprint density at radius 2 is 2.07 bits per heavy atom. The highest BCUT2D eigenvalue weighted by Crippen LogP contribution is 2.30. The Morgan fingerprint density at radius 1 is 1.26 bits per heavy atom. The van der Waals surface area contributed by atoms with Crippen LogP contribution in [0.1, 0.15) is 40.3 Å². The van der Waals surface area contributed by atoms with E-state index >= 15 is 0 Å². The summed E-state index contributed by atoms with van der Waals surface area (Å²) >= 11 is 1.18. The monoisotopic (exact) mass is 391 g/mol. The maximum Gasteiger partial charge on any atom is 0.328 e. The number of carboxylic acid groups (broad SMARTS) is 1. The molecule has 2 aromatic rings. The second-order valence-electron chi connectivity index (χ2n) is 6.96. The van der Waals surface area contributed by atoms with Crippen LogP contribution in [-0.4, -0.2) is 57.2 Å². The number of amides is 1. The normalized spacial score (nSPS) is 20.3. The molecule has 1 unspecified atom stereocenters. The maximum absolute atomic E-state index is 13.1. The van der Waals surface area contributed by atoms with E-state index in [-0.39, 0.29) is 24.6 Å². The second-order valence-corrected chi connectivity index (χ2v) is 7.96. The predicted molar refractivity (Wildman–Crippen MR) is 99.5 cm³/mol. The fourth-order valence-corrected chi connectivity index (χ4v) is 4.94. The molecule has 1 N–H and O–H groups in total. The number of carbonyl (C=O) groups excluding carboxylic acids is 1. The van der Waals surface area contributed by atoms with E-state index in [1.54, 1.807) is 11.5 Å². The Labute approximate surface area is 159 Å². The van der Waals surface area contributed by atoms with Crippen molar-refractivity contribution in [2.24, 2.45) is 0 Å². The molecule has 2 aromatic heterocycles. The summed E-state index contributed by atoms with van der Waals surface area (Å²) in [7, 11) is 0. The highest BCUT2D eigenvalue weighted by molar-refractivity contribution is 7.20. The topological polar surface area (TPSA) is 102 Å². The zero-order chi connectivity index (χ0) is 19.1. The molecule has 0 radical (unpaired) electrons. The summed E-state index contributed by atoms with van der Waals surface area (Å²) in [6.45, 7) is 2.89. The van der Waals surface area contributed by atoms with Crippen molar-refractivity contribution in [1.82, 2.24) is 14.5 Å². The van der Waals surface area contributed by atoms with Crippen molar-refractivity contribution in [2.45, 2.75) is 45.2 Å². The Hall–Kier alpha value is -2.26. The van der Waals surface area contributed by atoms with E-state index in [9.17, 15) is 19.5 Å². The van der Waals surface area contributed by atoms with Gasteiger partial charge in [0.1, 0.15) is 10.7 Å². The van der Waals surface area contributed by atoms with Gasteiger partial charge in [0.25, 0.3) is 11.5 Å². The first-order valence-corrected chi connectivity index (χ1v) is 9.95. The quantitative estimate of drug-likeness (QED) is 0.831. The lowest BCUT2D eigenvalue weighted by Gasteiger charge is -2.32. The smallest absolute Gasteiger partial charge is 0.328 e. The lowest BCUT2D eigenvalue weighted by atomic mass is 10.1. The van der Waals surface area contributed by atoms with Crippen LogP contribution in [0, 0.1) is 6.92 Å². The highest BCUT2D eigenvalue weighted by Gasteiger charge is 2.35. The predicted octanol–water partition coefficient (Wildman–Crippen LogP) is 1.42. The Bertz CT molecular complexity index is 980. The summed E-state index contributed by atoms with van der Waals surface area (Å²) in [4.78, 5) is 44.5. The van der Waals surface area contributed by atoms with Gasteiger partial charge in [0.2, 0.25) is 0 Å². The van der Waals surface area contributed by atoms with Crippen LogP contribution < -0.4 is 5.56 Å². The first-order valence-electron chi connectivity index (χ1n) is 9.13. The van der Waals surface area contributed by atoms with Gasteiger partial charge in [-0.05, 0) is 25.3 Å². The molecule has 1 amide bonds. The van der Waals surface area contributed by atoms with Crippen molar-refractivity contribution in [3.63, 3.8) is 0 Å². The molecular weight excluding hydrogens is 370 g/mol. The number of aromatic nitrogens is 2. The molecule has 0 saturated carbocycles. The van der Waals surface area contributed by atoms with Crippen LogP contribution in [0.15, 0.2) is 4.79 Å². The van der Waals surface area contributed by atoms with Crippen molar-refractivity contribution >= 4 is 33.4 Å². The van der Waals surface area contributed by atoms with Crippen LogP contribution in [0.2, 0.25) is 0 Å². The molecule has 8 nitrogen and oxygen atoms in total. The van der Waals surface area contributed by atoms with E-state index in [2.05, 4.69) is 4.98 Å². The van der Waals surface area contributed by atoms with Gasteiger partial charge in [-0.25, -0.2) is 9.78 Å². The van der Waals surface area contributed by atoms with E-state index in [0.29, 0.717) is 33.8 Å². The summed E-state index contributed by atoms with van der Waals surface area (Å²) in [5.41, 5.74) is 0.495. The van der Waals surface area contributed by atoms with Crippen LogP contribution in [0.25, 0.3) is 10.2 Å². The number of carboxylic acids is 1. The molecule has 0 aromatic carbocycles. The average molecular weight is 391 g/mol. The van der Waals surface area contributed by atoms with E-state index in [4.69, 9.17) is 4.74 Å². The Morgan fingerprint density at radius 3 is 2.85 bits per heavy atom. The van der Waals surface area contributed by atoms with Crippen LogP contribution in [0.5, 0.6) is 0 Å². The molecule has 1 fully saturated rings. The number of carbonyl (C=O) groups is 2. The molecule has 2 aliphatic heterocycles. The molecule has 2 aliphatic rings. The fourth-order valence-electron chi connectivity index (χ4n) is 3.80. The SMILES string of the molecule is Cc1c(C(=O)N2CCOCC2C(=O)O)sc2nc3n(c(=O)c12)CCCCC3. The molecule has 1 atom stereocenters. The van der Waals surface area contributed by atoms with Crippen molar-refractivity contribution in [2.75, 3.05) is 19.8 Å². The summed E-state index contributed by atoms with van der Waals surface area (Å²) in [5.74, 6) is -0.683. The minimum absolute atomic E-state index is 0.0276. The number of hydrogen-bond acceptors (Lipinski definition) is 6. The summed E-state index contributed by atoms with van der Waals surface area (Å²) in [6.07, 6.45) is 3.79. The third-order valence-corrected chi connectivity index (χ3v) is 6.45. The number of morpholine rings is 1. The third-order valence-electron chi connectivity index (χ3n) is 5.28. The number of aliphatic carboxylic acids is 1. The van der Waals surface area contributed by atoms with E-state index < -0.39 is 12.0 Å². The van der Waals surface area contributed by atoms with Crippen LogP contribution in [0.3, 0.4) is 0 Å². The van der Waals surface area contributed by atoms with Crippen LogP contribution >= 0.6 is 11.3 Å². The van der Waals surface area contributed by atoms with E-state index in [1.807, 2.05) is 0 Å². The van der Waals surface area contributed by atoms with Gasteiger partial charge in [-0.3, -0.25) is 14.2 Å². The molecule has 0 aliphatic carbocycles. The molecule has 0 spiro atoms. The number of fused-ring (bicyclic) bond motifs is 2. The largest absolute Gasteiger partial charge is 0.480 e. The molecule has 4 rings (SSSR count). The van der Waals surface area contributed by atoms with Gasteiger partial charge >= 0.3 is 5.97 Å². The van der Waals surface area contributed by atoms with Gasteiger partial charge in [-0.2, -0.15) is 0 Å². The molecule has 27 heavy (non-hydrogen) atoms. The van der Waals surface area contributed by atoms with Gasteiger partial charge in [0, 0.05) is 19.5 Å². The lowest BCUT2D eigenvalue weighted by Crippen LogP contribution is -2.52. The van der Waals surface area contributed by atoms with Gasteiger partial charge in [-0.1, -0.05) is 6.42 Å². The number of aryl methyl sites for hydroxylation is 2. The molecule has 0 bridgehead atoms. The fraction of sp³-hybridized carbons (Fsp3) is 0.556. The number of rotatable bonds is 2. The molecular formula is C18H21N3O5S. The minimum atomic E-state index is -1.09. The van der Waals surface area contributed by atoms with E-state index in [1.165, 1.54) is 16.2 Å². The van der Waals surface area contributed by atoms with Crippen molar-refractivity contribution in [3.05, 3.63) is 26.6 Å². The van der Waals surface area contributed by atoms with Crippen LogP contribution in [-0.2, 0) is 22.5 Å². The van der Waals surface area contributed by atoms with Gasteiger partial charge in [-0.15, -0.1) is 11.3 Å². The highest BCUT2D eigenvalue weighted by atomic mass is 32.1. The van der Waals surface area contributed by atoms with Crippen molar-refractivity contribution < 1.29 is 19.4 Å². The minimum Gasteiger partial charge on any atom is -0.480 e. The number of thiophene rings is 1. The first kappa shape index (κ1) is 18.1. The molecule has 4 heterocycles. The number of hydrogen-bond donors (Lipinski definition) is 1. The van der Waals surface area contributed by atoms with Gasteiger partial charge < -0.3 is 14.7 Å². The average Bonchev–Trinajstić information content (AvgIpc) is 2.83. The Kier molecular flexibility index (Phi) is 4.73. The van der Waals surface area contributed by atoms with Crippen molar-refractivity contribution in [3.8, 4) is 0 Å². The first-order chi connectivity index (χ1) is 13.0.